The van der Waals surface area contributed by atoms with Crippen LogP contribution in [0.25, 0.3) is 11.4 Å². The molecular formula is C20H19N5O2. The minimum Gasteiger partial charge on any atom is -0.481 e. The maximum Gasteiger partial charge on any atom is 0.220 e. The molecule has 0 bridgehead atoms. The summed E-state index contributed by atoms with van der Waals surface area (Å²) < 4.78 is 5.56. The van der Waals surface area contributed by atoms with E-state index in [4.69, 9.17) is 9.72 Å². The number of nitrogens with zero attached hydrogens (tertiary/aromatic N) is 5. The molecule has 2 aromatic rings. The van der Waals surface area contributed by atoms with Crippen molar-refractivity contribution in [1.29, 1.82) is 5.26 Å². The van der Waals surface area contributed by atoms with Gasteiger partial charge in [0.1, 0.15) is 12.4 Å². The van der Waals surface area contributed by atoms with Crippen LogP contribution in [0.15, 0.2) is 30.4 Å². The van der Waals surface area contributed by atoms with E-state index in [1.807, 2.05) is 13.8 Å². The van der Waals surface area contributed by atoms with Crippen LogP contribution in [0.5, 0.6) is 5.88 Å². The van der Waals surface area contributed by atoms with Gasteiger partial charge in [0.25, 0.3) is 0 Å². The Labute approximate surface area is 157 Å². The number of ether oxygens (including phenoxy) is 1. The zero-order valence-corrected chi connectivity index (χ0v) is 15.4. The zero-order chi connectivity index (χ0) is 19.2. The lowest BCUT2D eigenvalue weighted by Crippen LogP contribution is -2.46. The molecule has 0 saturated heterocycles. The van der Waals surface area contributed by atoms with Gasteiger partial charge in [0.2, 0.25) is 5.88 Å². The van der Waals surface area contributed by atoms with Gasteiger partial charge in [-0.25, -0.2) is 15.0 Å². The van der Waals surface area contributed by atoms with Crippen LogP contribution < -0.4 is 4.74 Å². The Morgan fingerprint density at radius 2 is 2.04 bits per heavy atom. The van der Waals surface area contributed by atoms with Crippen LogP contribution >= 0.6 is 0 Å². The van der Waals surface area contributed by atoms with Crippen LogP contribution in [0, 0.1) is 23.2 Å². The maximum atomic E-state index is 12.5. The summed E-state index contributed by atoms with van der Waals surface area (Å²) in [6, 6.07) is 2.06. The van der Waals surface area contributed by atoms with E-state index in [1.165, 1.54) is 6.33 Å². The first-order valence-electron chi connectivity index (χ1n) is 8.87. The largest absolute Gasteiger partial charge is 0.481 e. The number of allylic oxidation sites excluding steroid dienone is 2. The molecule has 136 valence electrons. The van der Waals surface area contributed by atoms with Gasteiger partial charge in [-0.1, -0.05) is 19.9 Å². The number of rotatable bonds is 2. The third-order valence-electron chi connectivity index (χ3n) is 5.81. The molecule has 3 atom stereocenters. The highest BCUT2D eigenvalue weighted by Gasteiger charge is 2.49. The second-order valence-electron chi connectivity index (χ2n) is 7.26. The van der Waals surface area contributed by atoms with Crippen molar-refractivity contribution in [3.8, 4) is 23.3 Å². The number of nitriles is 1. The Hall–Kier alpha value is -3.14. The Morgan fingerprint density at radius 3 is 2.70 bits per heavy atom. The predicted molar refractivity (Wildman–Crippen MR) is 96.6 cm³/mol. The average molecular weight is 361 g/mol. The van der Waals surface area contributed by atoms with Gasteiger partial charge in [-0.05, 0) is 18.8 Å². The Kier molecular flexibility index (Phi) is 3.99. The fourth-order valence-corrected chi connectivity index (χ4v) is 4.45. The van der Waals surface area contributed by atoms with Gasteiger partial charge >= 0.3 is 0 Å². The molecule has 0 saturated carbocycles. The number of aromatic nitrogens is 4. The summed E-state index contributed by atoms with van der Waals surface area (Å²) in [7, 11) is 1.59. The van der Waals surface area contributed by atoms with Crippen molar-refractivity contribution in [1.82, 2.24) is 19.9 Å². The third-order valence-corrected chi connectivity index (χ3v) is 5.81. The molecule has 2 aliphatic rings. The van der Waals surface area contributed by atoms with Crippen molar-refractivity contribution in [2.24, 2.45) is 11.8 Å². The summed E-state index contributed by atoms with van der Waals surface area (Å²) in [5.41, 5.74) is 2.11. The number of methoxy groups -OCH3 is 1. The van der Waals surface area contributed by atoms with E-state index < -0.39 is 5.41 Å². The molecule has 0 aliphatic heterocycles. The van der Waals surface area contributed by atoms with Crippen molar-refractivity contribution in [2.45, 2.75) is 32.1 Å². The minimum absolute atomic E-state index is 0.0779. The van der Waals surface area contributed by atoms with Crippen molar-refractivity contribution >= 4 is 5.78 Å². The van der Waals surface area contributed by atoms with Crippen LogP contribution in [-0.4, -0.2) is 32.8 Å². The lowest BCUT2D eigenvalue weighted by Gasteiger charge is -2.45. The normalized spacial score (nSPS) is 26.4. The van der Waals surface area contributed by atoms with E-state index in [1.54, 1.807) is 25.6 Å². The van der Waals surface area contributed by atoms with E-state index in [2.05, 4.69) is 21.0 Å². The molecule has 0 unspecified atom stereocenters. The quantitative estimate of drug-likeness (QED) is 0.809. The molecule has 0 spiro atoms. The van der Waals surface area contributed by atoms with Gasteiger partial charge in [0.15, 0.2) is 11.6 Å². The fourth-order valence-electron chi connectivity index (χ4n) is 4.45. The van der Waals surface area contributed by atoms with Crippen LogP contribution in [0.3, 0.4) is 0 Å². The minimum atomic E-state index is -0.535. The van der Waals surface area contributed by atoms with Crippen molar-refractivity contribution in [2.75, 3.05) is 7.11 Å². The molecule has 0 radical (unpaired) electrons. The lowest BCUT2D eigenvalue weighted by atomic mass is 9.58. The predicted octanol–water partition coefficient (Wildman–Crippen LogP) is 2.43. The first-order valence-corrected chi connectivity index (χ1v) is 8.87. The van der Waals surface area contributed by atoms with E-state index in [0.717, 1.165) is 24.1 Å². The summed E-state index contributed by atoms with van der Waals surface area (Å²) in [5, 5.41) is 9.45. The first kappa shape index (κ1) is 17.3. The van der Waals surface area contributed by atoms with Crippen LogP contribution in [0.2, 0.25) is 0 Å². The molecule has 27 heavy (non-hydrogen) atoms. The van der Waals surface area contributed by atoms with E-state index in [9.17, 15) is 10.1 Å². The van der Waals surface area contributed by atoms with Gasteiger partial charge in [0, 0.05) is 29.3 Å². The highest BCUT2D eigenvalue weighted by Crippen LogP contribution is 2.50. The van der Waals surface area contributed by atoms with Crippen LogP contribution in [-0.2, 0) is 16.6 Å². The second-order valence-corrected chi connectivity index (χ2v) is 7.26. The van der Waals surface area contributed by atoms with Gasteiger partial charge < -0.3 is 4.74 Å². The van der Waals surface area contributed by atoms with E-state index in [0.29, 0.717) is 17.3 Å². The highest BCUT2D eigenvalue weighted by molar-refractivity contribution is 6.02. The van der Waals surface area contributed by atoms with E-state index in [-0.39, 0.29) is 23.2 Å². The molecule has 2 heterocycles. The van der Waals surface area contributed by atoms with Gasteiger partial charge in [-0.15, -0.1) is 0 Å². The average Bonchev–Trinajstić information content (AvgIpc) is 2.70. The molecule has 0 aromatic carbocycles. The van der Waals surface area contributed by atoms with Gasteiger partial charge in [-0.3, -0.25) is 4.79 Å². The van der Waals surface area contributed by atoms with Crippen molar-refractivity contribution in [3.63, 3.8) is 0 Å². The molecule has 7 heteroatoms. The van der Waals surface area contributed by atoms with E-state index >= 15 is 0 Å². The monoisotopic (exact) mass is 361 g/mol. The maximum absolute atomic E-state index is 12.5. The Balaban J connectivity index is 1.98. The first-order chi connectivity index (χ1) is 13.0. The Bertz CT molecular complexity index is 995. The summed E-state index contributed by atoms with van der Waals surface area (Å²) in [4.78, 5) is 30.0. The number of ketones is 1. The summed E-state index contributed by atoms with van der Waals surface area (Å²) >= 11 is 0. The SMILES string of the molecule is COc1nc(-c2cncnc2)nc2c1CC[C@H]1[C@H](C)C(=O)C(C#N)=C[C@]21C. The molecule has 0 fully saturated rings. The fraction of sp³-hybridized carbons (Fsp3) is 0.400. The van der Waals surface area contributed by atoms with Crippen molar-refractivity contribution in [3.05, 3.63) is 41.6 Å². The molecule has 2 aromatic heterocycles. The number of carbonyl (C=O) groups excluding carboxylic acids is 1. The smallest absolute Gasteiger partial charge is 0.220 e. The van der Waals surface area contributed by atoms with Gasteiger partial charge in [-0.2, -0.15) is 10.2 Å². The van der Waals surface area contributed by atoms with Gasteiger partial charge in [0.05, 0.1) is 23.9 Å². The number of carbonyl (C=O) groups is 1. The molecule has 7 nitrogen and oxygen atoms in total. The third kappa shape index (κ3) is 2.52. The summed E-state index contributed by atoms with van der Waals surface area (Å²) in [6.07, 6.45) is 8.10. The number of hydrogen-bond acceptors (Lipinski definition) is 7. The molecule has 0 amide bonds. The lowest BCUT2D eigenvalue weighted by molar-refractivity contribution is -0.121. The molecular weight excluding hydrogens is 342 g/mol. The zero-order valence-electron chi connectivity index (χ0n) is 15.4. The van der Waals surface area contributed by atoms with Crippen LogP contribution in [0.1, 0.15) is 31.5 Å². The standard InChI is InChI=1S/C20H19N5O2/c1-11-15-5-4-14-17(20(15,2)6-12(7-21)16(11)26)24-18(25-19(14)27-3)13-8-22-10-23-9-13/h6,8-11,15H,4-5H2,1-3H3/t11-,15-,20-/m0/s1. The summed E-state index contributed by atoms with van der Waals surface area (Å²) in [5.74, 6) is 0.766. The van der Waals surface area contributed by atoms with Crippen LogP contribution in [0.4, 0.5) is 0 Å². The number of hydrogen-bond donors (Lipinski definition) is 0. The topological polar surface area (TPSA) is 102 Å². The number of fused-ring (bicyclic) bond motifs is 3. The second kappa shape index (κ2) is 6.23. The summed E-state index contributed by atoms with van der Waals surface area (Å²) in [6.45, 7) is 3.96. The Morgan fingerprint density at radius 1 is 1.30 bits per heavy atom. The van der Waals surface area contributed by atoms with Crippen molar-refractivity contribution < 1.29 is 9.53 Å². The molecule has 2 aliphatic carbocycles. The highest BCUT2D eigenvalue weighted by atomic mass is 16.5. The number of Topliss-reactive ketones (excluding diaryl/α,β-unsaturated/α-hetero) is 1. The molecule has 0 N–H and O–H groups in total. The molecule has 4 rings (SSSR count).